The van der Waals surface area contributed by atoms with Gasteiger partial charge in [0.05, 0.1) is 0 Å². The van der Waals surface area contributed by atoms with E-state index in [1.165, 1.54) is 6.07 Å². The molecule has 1 aromatic carbocycles. The van der Waals surface area contributed by atoms with Crippen LogP contribution >= 0.6 is 0 Å². The van der Waals surface area contributed by atoms with Crippen LogP contribution in [0.25, 0.3) is 11.3 Å². The minimum atomic E-state index is -0.254. The summed E-state index contributed by atoms with van der Waals surface area (Å²) in [6.45, 7) is 3.40. The first-order valence-corrected chi connectivity index (χ1v) is 4.81. The highest BCUT2D eigenvalue weighted by Gasteiger charge is 2.08. The Morgan fingerprint density at radius 3 is 2.56 bits per heavy atom. The lowest BCUT2D eigenvalue weighted by atomic mass is 10.1. The molecule has 0 amide bonds. The summed E-state index contributed by atoms with van der Waals surface area (Å²) in [5.74, 6) is 0.564. The van der Waals surface area contributed by atoms with Gasteiger partial charge in [0.1, 0.15) is 17.3 Å². The van der Waals surface area contributed by atoms with Crippen molar-refractivity contribution < 1.29 is 4.39 Å². The smallest absolute Gasteiger partial charge is 0.154 e. The third-order valence-electron chi connectivity index (χ3n) is 2.25. The van der Waals surface area contributed by atoms with Crippen molar-refractivity contribution in [3.8, 4) is 11.3 Å². The fourth-order valence-electron chi connectivity index (χ4n) is 1.42. The molecule has 0 spiro atoms. The van der Waals surface area contributed by atoms with Crippen LogP contribution in [-0.2, 0) is 0 Å². The summed E-state index contributed by atoms with van der Waals surface area (Å²) in [5.41, 5.74) is 7.47. The van der Waals surface area contributed by atoms with E-state index in [0.717, 1.165) is 5.56 Å². The summed E-state index contributed by atoms with van der Waals surface area (Å²) in [6.07, 6.45) is 0. The fraction of sp³-hybridized carbons (Fsp3) is 0.182. The average molecular weight is 218 g/mol. The first-order valence-electron chi connectivity index (χ1n) is 4.81. The molecule has 1 aromatic heterocycles. The second-order valence-electron chi connectivity index (χ2n) is 3.56. The van der Waals surface area contributed by atoms with E-state index in [-0.39, 0.29) is 5.82 Å². The van der Waals surface area contributed by atoms with Crippen molar-refractivity contribution in [3.63, 3.8) is 0 Å². The maximum Gasteiger partial charge on any atom is 0.154 e. The normalized spacial score (nSPS) is 10.4. The molecule has 1 heterocycles. The van der Waals surface area contributed by atoms with Gasteiger partial charge < -0.3 is 5.73 Å². The maximum atomic E-state index is 13.1. The van der Waals surface area contributed by atoms with Crippen LogP contribution in [0.2, 0.25) is 0 Å². The Hall–Kier alpha value is -2.04. The Morgan fingerprint density at radius 1 is 1.19 bits per heavy atom. The summed E-state index contributed by atoms with van der Waals surface area (Å²) < 4.78 is 13.1. The molecule has 0 fully saturated rings. The lowest BCUT2D eigenvalue weighted by molar-refractivity contribution is 0.618. The van der Waals surface area contributed by atoms with Gasteiger partial charge >= 0.3 is 0 Å². The number of aromatic nitrogens is 3. The molecule has 0 saturated carbocycles. The summed E-state index contributed by atoms with van der Waals surface area (Å²) in [6, 6.07) is 4.66. The minimum absolute atomic E-state index is 0.254. The molecule has 0 radical (unpaired) electrons. The van der Waals surface area contributed by atoms with Crippen LogP contribution in [0.3, 0.4) is 0 Å². The van der Waals surface area contributed by atoms with Gasteiger partial charge in [0.25, 0.3) is 0 Å². The van der Waals surface area contributed by atoms with Gasteiger partial charge in [-0.15, -0.1) is 10.2 Å². The quantitative estimate of drug-likeness (QED) is 0.793. The lowest BCUT2D eigenvalue weighted by Crippen LogP contribution is -2.02. The number of nitrogens with zero attached hydrogens (tertiary/aromatic N) is 3. The van der Waals surface area contributed by atoms with Crippen molar-refractivity contribution in [1.29, 1.82) is 0 Å². The highest BCUT2D eigenvalue weighted by Crippen LogP contribution is 2.23. The second-order valence-corrected chi connectivity index (χ2v) is 3.56. The zero-order valence-electron chi connectivity index (χ0n) is 9.03. The summed E-state index contributed by atoms with van der Waals surface area (Å²) in [5, 5.41) is 7.79. The number of rotatable bonds is 1. The Morgan fingerprint density at radius 2 is 1.94 bits per heavy atom. The standard InChI is InChI=1S/C11H11FN4/c1-6-5-8(3-4-9(6)12)10-11(13)14-7(2)15-16-10/h3-5H,1-2H3,(H2,13,14,15). The van der Waals surface area contributed by atoms with Gasteiger partial charge in [0.2, 0.25) is 0 Å². The summed E-state index contributed by atoms with van der Waals surface area (Å²) in [4.78, 5) is 4.01. The molecule has 16 heavy (non-hydrogen) atoms. The number of nitrogen functional groups attached to an aromatic ring is 1. The number of anilines is 1. The molecule has 0 bridgehead atoms. The van der Waals surface area contributed by atoms with Crippen molar-refractivity contribution in [3.05, 3.63) is 35.4 Å². The molecule has 4 nitrogen and oxygen atoms in total. The minimum Gasteiger partial charge on any atom is -0.382 e. The van der Waals surface area contributed by atoms with E-state index in [9.17, 15) is 4.39 Å². The van der Waals surface area contributed by atoms with Crippen LogP contribution in [-0.4, -0.2) is 15.2 Å². The second kappa shape index (κ2) is 3.84. The molecule has 0 aliphatic carbocycles. The van der Waals surface area contributed by atoms with Crippen molar-refractivity contribution in [2.45, 2.75) is 13.8 Å². The predicted octanol–water partition coefficient (Wildman–Crippen LogP) is 1.88. The molecule has 0 atom stereocenters. The first-order chi connectivity index (χ1) is 7.58. The van der Waals surface area contributed by atoms with E-state index >= 15 is 0 Å². The van der Waals surface area contributed by atoms with E-state index in [4.69, 9.17) is 5.73 Å². The van der Waals surface area contributed by atoms with Gasteiger partial charge in [0, 0.05) is 5.56 Å². The van der Waals surface area contributed by atoms with Gasteiger partial charge in [-0.1, -0.05) is 0 Å². The molecule has 2 N–H and O–H groups in total. The van der Waals surface area contributed by atoms with Crippen LogP contribution < -0.4 is 5.73 Å². The van der Waals surface area contributed by atoms with Crippen molar-refractivity contribution in [1.82, 2.24) is 15.2 Å². The number of aryl methyl sites for hydroxylation is 2. The maximum absolute atomic E-state index is 13.1. The van der Waals surface area contributed by atoms with Gasteiger partial charge in [-0.3, -0.25) is 0 Å². The SMILES string of the molecule is Cc1nnc(-c2ccc(F)c(C)c2)c(N)n1. The van der Waals surface area contributed by atoms with E-state index in [1.807, 2.05) is 0 Å². The Balaban J connectivity index is 2.54. The molecule has 82 valence electrons. The van der Waals surface area contributed by atoms with Crippen molar-refractivity contribution in [2.75, 3.05) is 5.73 Å². The van der Waals surface area contributed by atoms with Crippen LogP contribution in [0.1, 0.15) is 11.4 Å². The Kier molecular flexibility index (Phi) is 2.52. The number of nitrogens with two attached hydrogens (primary N) is 1. The molecule has 5 heteroatoms. The Bertz CT molecular complexity index is 540. The van der Waals surface area contributed by atoms with Gasteiger partial charge in [-0.05, 0) is 37.6 Å². The van der Waals surface area contributed by atoms with Crippen LogP contribution in [0, 0.1) is 19.7 Å². The fourth-order valence-corrected chi connectivity index (χ4v) is 1.42. The third-order valence-corrected chi connectivity index (χ3v) is 2.25. The highest BCUT2D eigenvalue weighted by atomic mass is 19.1. The van der Waals surface area contributed by atoms with E-state index in [0.29, 0.717) is 22.9 Å². The zero-order valence-corrected chi connectivity index (χ0v) is 9.03. The number of hydrogen-bond acceptors (Lipinski definition) is 4. The van der Waals surface area contributed by atoms with Gasteiger partial charge in [-0.2, -0.15) is 0 Å². The number of halogens is 1. The molecule has 0 saturated heterocycles. The molecule has 0 unspecified atom stereocenters. The molecule has 2 aromatic rings. The monoisotopic (exact) mass is 218 g/mol. The molecule has 0 aliphatic heterocycles. The van der Waals surface area contributed by atoms with E-state index in [1.54, 1.807) is 26.0 Å². The van der Waals surface area contributed by atoms with Crippen LogP contribution in [0.5, 0.6) is 0 Å². The summed E-state index contributed by atoms with van der Waals surface area (Å²) >= 11 is 0. The summed E-state index contributed by atoms with van der Waals surface area (Å²) in [7, 11) is 0. The van der Waals surface area contributed by atoms with Gasteiger partial charge in [-0.25, -0.2) is 9.37 Å². The average Bonchev–Trinajstić information content (AvgIpc) is 2.22. The predicted molar refractivity (Wildman–Crippen MR) is 59.1 cm³/mol. The zero-order chi connectivity index (χ0) is 11.7. The Labute approximate surface area is 92.4 Å². The first kappa shape index (κ1) is 10.5. The molecular formula is C11H11FN4. The highest BCUT2D eigenvalue weighted by molar-refractivity contribution is 5.69. The largest absolute Gasteiger partial charge is 0.382 e. The number of benzene rings is 1. The number of hydrogen-bond donors (Lipinski definition) is 1. The van der Waals surface area contributed by atoms with Crippen molar-refractivity contribution in [2.24, 2.45) is 0 Å². The lowest BCUT2D eigenvalue weighted by Gasteiger charge is -2.05. The van der Waals surface area contributed by atoms with E-state index in [2.05, 4.69) is 15.2 Å². The van der Waals surface area contributed by atoms with Crippen LogP contribution in [0.15, 0.2) is 18.2 Å². The third kappa shape index (κ3) is 1.84. The van der Waals surface area contributed by atoms with E-state index < -0.39 is 0 Å². The molecule has 0 aliphatic rings. The molecular weight excluding hydrogens is 207 g/mol. The topological polar surface area (TPSA) is 64.7 Å². The van der Waals surface area contributed by atoms with Crippen LogP contribution in [0.4, 0.5) is 10.2 Å². The van der Waals surface area contributed by atoms with Crippen molar-refractivity contribution >= 4 is 5.82 Å². The molecule has 2 rings (SSSR count). The van der Waals surface area contributed by atoms with Gasteiger partial charge in [0.15, 0.2) is 5.82 Å².